The molecule has 4 aromatic rings. The average Bonchev–Trinajstić information content (AvgIpc) is 3.54. The first kappa shape index (κ1) is 22.4. The number of thiazole rings is 1. The van der Waals surface area contributed by atoms with Crippen molar-refractivity contribution < 1.29 is 17.6 Å². The van der Waals surface area contributed by atoms with Gasteiger partial charge in [-0.1, -0.05) is 6.07 Å². The molecule has 0 aliphatic carbocycles. The van der Waals surface area contributed by atoms with Gasteiger partial charge in [0.25, 0.3) is 0 Å². The third kappa shape index (κ3) is 4.77. The Labute approximate surface area is 200 Å². The number of hydrogen-bond acceptors (Lipinski definition) is 8. The lowest BCUT2D eigenvalue weighted by molar-refractivity contribution is 0.0730. The first-order valence-corrected chi connectivity index (χ1v) is 12.9. The molecule has 3 aromatic heterocycles. The van der Waals surface area contributed by atoms with Crippen LogP contribution < -0.4 is 4.80 Å². The highest BCUT2D eigenvalue weighted by Gasteiger charge is 2.26. The van der Waals surface area contributed by atoms with E-state index in [0.717, 1.165) is 5.69 Å². The molecule has 0 unspecified atom stereocenters. The Morgan fingerprint density at radius 1 is 1.03 bits per heavy atom. The van der Waals surface area contributed by atoms with E-state index in [1.807, 2.05) is 35.7 Å². The van der Waals surface area contributed by atoms with E-state index < -0.39 is 10.0 Å². The number of benzene rings is 1. The molecule has 4 heterocycles. The zero-order chi connectivity index (χ0) is 23.4. The number of pyridine rings is 1. The summed E-state index contributed by atoms with van der Waals surface area (Å²) in [6.45, 7) is 1.52. The number of rotatable bonds is 6. The number of aromatic nitrogens is 2. The van der Waals surface area contributed by atoms with Crippen LogP contribution in [0.1, 0.15) is 5.69 Å². The second kappa shape index (κ2) is 9.85. The molecule has 5 rings (SSSR count). The summed E-state index contributed by atoms with van der Waals surface area (Å²) in [4.78, 5) is 9.80. The molecule has 0 bridgehead atoms. The molecule has 0 saturated carbocycles. The maximum Gasteiger partial charge on any atom is 0.243 e. The number of morpholine rings is 1. The predicted molar refractivity (Wildman–Crippen MR) is 128 cm³/mol. The molecular weight excluding hydrogens is 474 g/mol. The van der Waals surface area contributed by atoms with Crippen molar-refractivity contribution in [2.24, 2.45) is 10.1 Å². The van der Waals surface area contributed by atoms with Crippen molar-refractivity contribution in [3.05, 3.63) is 82.9 Å². The van der Waals surface area contributed by atoms with Gasteiger partial charge in [0.05, 0.1) is 42.0 Å². The fourth-order valence-corrected chi connectivity index (χ4v) is 5.64. The Hall–Kier alpha value is -3.38. The fraction of sp³-hybridized carbons (Fsp3) is 0.174. The normalized spacial score (nSPS) is 15.8. The van der Waals surface area contributed by atoms with Crippen LogP contribution in [-0.2, 0) is 14.8 Å². The number of furan rings is 1. The Morgan fingerprint density at radius 2 is 1.85 bits per heavy atom. The monoisotopic (exact) mass is 495 g/mol. The fourth-order valence-electron chi connectivity index (χ4n) is 3.39. The highest BCUT2D eigenvalue weighted by molar-refractivity contribution is 7.89. The molecule has 1 aliphatic heterocycles. The van der Waals surface area contributed by atoms with Gasteiger partial charge in [0, 0.05) is 24.7 Å². The molecule has 0 radical (unpaired) electrons. The summed E-state index contributed by atoms with van der Waals surface area (Å²) in [5.74, 6) is 0.655. The Bertz CT molecular complexity index is 1440. The van der Waals surface area contributed by atoms with Gasteiger partial charge < -0.3 is 9.15 Å². The van der Waals surface area contributed by atoms with Crippen molar-refractivity contribution in [2.75, 3.05) is 26.3 Å². The van der Waals surface area contributed by atoms with Crippen LogP contribution in [0.25, 0.3) is 11.5 Å². The molecule has 0 N–H and O–H groups in total. The summed E-state index contributed by atoms with van der Waals surface area (Å²) < 4.78 is 39.7. The van der Waals surface area contributed by atoms with Gasteiger partial charge in [-0.2, -0.15) is 9.41 Å². The lowest BCUT2D eigenvalue weighted by Crippen LogP contribution is -2.40. The molecule has 34 heavy (non-hydrogen) atoms. The van der Waals surface area contributed by atoms with Crippen molar-refractivity contribution >= 4 is 33.3 Å². The SMILES string of the molecule is O=S(=O)(c1ccc(N=c2scc(-c3ccco3)n2N=Cc2ccccn2)cc1)N1CCOCC1. The topological polar surface area (TPSA) is 102 Å². The highest BCUT2D eigenvalue weighted by atomic mass is 32.2. The summed E-state index contributed by atoms with van der Waals surface area (Å²) in [5, 5.41) is 6.49. The molecule has 11 heteroatoms. The molecule has 0 spiro atoms. The molecular formula is C23H21N5O4S2. The van der Waals surface area contributed by atoms with Crippen LogP contribution >= 0.6 is 11.3 Å². The number of hydrogen-bond donors (Lipinski definition) is 0. The first-order valence-electron chi connectivity index (χ1n) is 10.5. The minimum Gasteiger partial charge on any atom is -0.463 e. The minimum atomic E-state index is -3.56. The van der Waals surface area contributed by atoms with Gasteiger partial charge in [-0.3, -0.25) is 4.98 Å². The molecule has 1 aromatic carbocycles. The Balaban J connectivity index is 1.49. The van der Waals surface area contributed by atoms with Gasteiger partial charge in [0.2, 0.25) is 14.8 Å². The van der Waals surface area contributed by atoms with Crippen LogP contribution in [0.15, 0.2) is 91.8 Å². The van der Waals surface area contributed by atoms with Crippen LogP contribution in [-0.4, -0.2) is 54.9 Å². The van der Waals surface area contributed by atoms with Crippen molar-refractivity contribution in [3.8, 4) is 11.5 Å². The second-order valence-electron chi connectivity index (χ2n) is 7.31. The quantitative estimate of drug-likeness (QED) is 0.382. The maximum atomic E-state index is 12.9. The largest absolute Gasteiger partial charge is 0.463 e. The lowest BCUT2D eigenvalue weighted by Gasteiger charge is -2.26. The van der Waals surface area contributed by atoms with E-state index in [9.17, 15) is 8.42 Å². The standard InChI is InChI=1S/C23H21N5O4S2/c29-34(30,27-11-14-31-15-12-27)20-8-6-18(7-9-20)26-23-28(25-16-19-4-1-2-10-24-19)21(17-33-23)22-5-3-13-32-22/h1-10,13,16-17H,11-12,14-15H2. The smallest absolute Gasteiger partial charge is 0.243 e. The average molecular weight is 496 g/mol. The summed E-state index contributed by atoms with van der Waals surface area (Å²) >= 11 is 1.40. The summed E-state index contributed by atoms with van der Waals surface area (Å²) in [6, 6.07) is 15.8. The zero-order valence-electron chi connectivity index (χ0n) is 18.0. The molecule has 1 aliphatic rings. The van der Waals surface area contributed by atoms with Gasteiger partial charge in [-0.25, -0.2) is 18.1 Å². The molecule has 174 valence electrons. The maximum absolute atomic E-state index is 12.9. The third-order valence-corrected chi connectivity index (χ3v) is 7.85. The summed E-state index contributed by atoms with van der Waals surface area (Å²) in [6.07, 6.45) is 4.95. The van der Waals surface area contributed by atoms with E-state index in [4.69, 9.17) is 14.1 Å². The Kier molecular flexibility index (Phi) is 6.50. The molecule has 1 fully saturated rings. The van der Waals surface area contributed by atoms with E-state index in [2.05, 4.69) is 10.1 Å². The first-order chi connectivity index (χ1) is 16.6. The van der Waals surface area contributed by atoms with Crippen molar-refractivity contribution in [1.29, 1.82) is 0 Å². The van der Waals surface area contributed by atoms with Crippen LogP contribution in [0.5, 0.6) is 0 Å². The molecule has 0 amide bonds. The van der Waals surface area contributed by atoms with E-state index in [1.54, 1.807) is 47.6 Å². The van der Waals surface area contributed by atoms with Crippen LogP contribution in [0.2, 0.25) is 0 Å². The van der Waals surface area contributed by atoms with Gasteiger partial charge in [-0.15, -0.1) is 11.3 Å². The van der Waals surface area contributed by atoms with E-state index in [0.29, 0.717) is 48.2 Å². The van der Waals surface area contributed by atoms with E-state index in [1.165, 1.54) is 15.6 Å². The van der Waals surface area contributed by atoms with Crippen molar-refractivity contribution in [3.63, 3.8) is 0 Å². The van der Waals surface area contributed by atoms with E-state index in [-0.39, 0.29) is 4.90 Å². The van der Waals surface area contributed by atoms with Gasteiger partial charge >= 0.3 is 0 Å². The number of nitrogens with zero attached hydrogens (tertiary/aromatic N) is 5. The van der Waals surface area contributed by atoms with E-state index >= 15 is 0 Å². The van der Waals surface area contributed by atoms with Crippen molar-refractivity contribution in [1.82, 2.24) is 14.0 Å². The third-order valence-electron chi connectivity index (χ3n) is 5.12. The molecule has 0 atom stereocenters. The summed E-state index contributed by atoms with van der Waals surface area (Å²) in [7, 11) is -3.56. The summed E-state index contributed by atoms with van der Waals surface area (Å²) in [5.41, 5.74) is 2.05. The van der Waals surface area contributed by atoms with Gasteiger partial charge in [0.15, 0.2) is 5.76 Å². The highest BCUT2D eigenvalue weighted by Crippen LogP contribution is 2.23. The van der Waals surface area contributed by atoms with Gasteiger partial charge in [0.1, 0.15) is 5.69 Å². The second-order valence-corrected chi connectivity index (χ2v) is 10.1. The lowest BCUT2D eigenvalue weighted by atomic mass is 10.3. The minimum absolute atomic E-state index is 0.233. The van der Waals surface area contributed by atoms with Crippen LogP contribution in [0.4, 0.5) is 5.69 Å². The zero-order valence-corrected chi connectivity index (χ0v) is 19.7. The van der Waals surface area contributed by atoms with Gasteiger partial charge in [-0.05, 0) is 48.5 Å². The van der Waals surface area contributed by atoms with Crippen molar-refractivity contribution in [2.45, 2.75) is 4.90 Å². The van der Waals surface area contributed by atoms with Crippen LogP contribution in [0.3, 0.4) is 0 Å². The number of sulfonamides is 1. The molecule has 9 nitrogen and oxygen atoms in total. The van der Waals surface area contributed by atoms with Crippen LogP contribution in [0, 0.1) is 0 Å². The molecule has 1 saturated heterocycles. The Morgan fingerprint density at radius 3 is 2.56 bits per heavy atom. The number of ether oxygens (including phenoxy) is 1. The predicted octanol–water partition coefficient (Wildman–Crippen LogP) is 3.34.